The number of aliphatic hydroxyl groups excluding tert-OH is 1. The van der Waals surface area contributed by atoms with Gasteiger partial charge in [0.2, 0.25) is 10.0 Å². The van der Waals surface area contributed by atoms with E-state index in [-0.39, 0.29) is 23.3 Å². The van der Waals surface area contributed by atoms with E-state index in [0.717, 1.165) is 12.1 Å². The molecule has 1 atom stereocenters. The Balaban J connectivity index is 2.12. The Morgan fingerprint density at radius 2 is 1.95 bits per heavy atom. The predicted octanol–water partition coefficient (Wildman–Crippen LogP) is -0.653. The summed E-state index contributed by atoms with van der Waals surface area (Å²) in [5, 5.41) is 15.0. The van der Waals surface area contributed by atoms with Crippen LogP contribution in [-0.2, 0) is 19.7 Å². The highest BCUT2D eigenvalue weighted by atomic mass is 32.2. The Morgan fingerprint density at radius 3 is 2.40 bits per heavy atom. The number of hydroxylamine groups is 2. The van der Waals surface area contributed by atoms with Crippen molar-refractivity contribution in [3.63, 3.8) is 0 Å². The van der Waals surface area contributed by atoms with Crippen LogP contribution in [0.4, 0.5) is 0 Å². The van der Waals surface area contributed by atoms with Crippen LogP contribution in [0.25, 0.3) is 0 Å². The van der Waals surface area contributed by atoms with Crippen molar-refractivity contribution >= 4 is 21.9 Å². The maximum Gasteiger partial charge on any atom is 0.363 e. The van der Waals surface area contributed by atoms with E-state index < -0.39 is 28.1 Å². The number of amides is 1. The Labute approximate surface area is 114 Å². The molecule has 2 rings (SSSR count). The Morgan fingerprint density at radius 1 is 1.35 bits per heavy atom. The number of nitrogens with zero attached hydrogens (tertiary/aromatic N) is 1. The first-order chi connectivity index (χ1) is 9.29. The number of rotatable bonds is 3. The zero-order valence-electron chi connectivity index (χ0n) is 10.2. The molecule has 0 spiro atoms. The van der Waals surface area contributed by atoms with Crippen LogP contribution in [0, 0.1) is 0 Å². The van der Waals surface area contributed by atoms with Crippen LogP contribution in [0.2, 0.25) is 0 Å². The minimum atomic E-state index is -3.84. The van der Waals surface area contributed by atoms with Gasteiger partial charge in [-0.15, -0.1) is 5.06 Å². The lowest BCUT2D eigenvalue weighted by atomic mass is 10.2. The van der Waals surface area contributed by atoms with Crippen molar-refractivity contribution in [1.29, 1.82) is 0 Å². The number of sulfonamides is 1. The van der Waals surface area contributed by atoms with Crippen molar-refractivity contribution in [3.8, 4) is 0 Å². The summed E-state index contributed by atoms with van der Waals surface area (Å²) in [7, 11) is -3.84. The summed E-state index contributed by atoms with van der Waals surface area (Å²) in [6.07, 6.45) is -0.870. The Bertz CT molecular complexity index is 639. The SMILES string of the molecule is NS(=O)(=O)c1ccc(C(=O)ON2C(=O)CCC2O)cc1. The number of nitrogens with two attached hydrogens (primary N) is 1. The first-order valence-electron chi connectivity index (χ1n) is 5.64. The average Bonchev–Trinajstić information content (AvgIpc) is 2.69. The molecule has 3 N–H and O–H groups in total. The van der Waals surface area contributed by atoms with Gasteiger partial charge >= 0.3 is 5.97 Å². The summed E-state index contributed by atoms with van der Waals surface area (Å²) in [5.74, 6) is -1.37. The molecule has 1 aromatic carbocycles. The number of carbonyl (C=O) groups is 2. The van der Waals surface area contributed by atoms with Crippen molar-refractivity contribution in [2.45, 2.75) is 24.0 Å². The molecule has 1 aliphatic rings. The standard InChI is InChI=1S/C11H12N2O6S/c12-20(17,18)8-3-1-7(2-4-8)11(16)19-13-9(14)5-6-10(13)15/h1-4,9,14H,5-6H2,(H2,12,17,18). The van der Waals surface area contributed by atoms with Crippen molar-refractivity contribution in [3.05, 3.63) is 29.8 Å². The fraction of sp³-hybridized carbons (Fsp3) is 0.273. The third-order valence-corrected chi connectivity index (χ3v) is 3.66. The van der Waals surface area contributed by atoms with Gasteiger partial charge in [0.25, 0.3) is 5.91 Å². The molecular formula is C11H12N2O6S. The van der Waals surface area contributed by atoms with Gasteiger partial charge in [0.15, 0.2) is 6.23 Å². The van der Waals surface area contributed by atoms with Gasteiger partial charge < -0.3 is 9.94 Å². The second-order valence-electron chi connectivity index (χ2n) is 4.19. The topological polar surface area (TPSA) is 127 Å². The Hall–Kier alpha value is -1.97. The Kier molecular flexibility index (Phi) is 3.75. The minimum Gasteiger partial charge on any atom is -0.370 e. The lowest BCUT2D eigenvalue weighted by molar-refractivity contribution is -0.191. The van der Waals surface area contributed by atoms with Gasteiger partial charge in [-0.05, 0) is 24.3 Å². The number of hydrogen-bond acceptors (Lipinski definition) is 6. The van der Waals surface area contributed by atoms with Crippen LogP contribution >= 0.6 is 0 Å². The summed E-state index contributed by atoms with van der Waals surface area (Å²) in [5.41, 5.74) is 0.0318. The van der Waals surface area contributed by atoms with E-state index in [1.165, 1.54) is 12.1 Å². The largest absolute Gasteiger partial charge is 0.370 e. The van der Waals surface area contributed by atoms with Gasteiger partial charge in [-0.2, -0.15) is 0 Å². The van der Waals surface area contributed by atoms with Gasteiger partial charge in [-0.25, -0.2) is 18.4 Å². The maximum absolute atomic E-state index is 11.7. The summed E-state index contributed by atoms with van der Waals surface area (Å²) in [4.78, 5) is 27.7. The number of aliphatic hydroxyl groups is 1. The first-order valence-corrected chi connectivity index (χ1v) is 7.19. The maximum atomic E-state index is 11.7. The van der Waals surface area contributed by atoms with Crippen LogP contribution < -0.4 is 5.14 Å². The van der Waals surface area contributed by atoms with Crippen molar-refractivity contribution in [2.75, 3.05) is 0 Å². The molecule has 108 valence electrons. The van der Waals surface area contributed by atoms with E-state index >= 15 is 0 Å². The molecule has 9 heteroatoms. The highest BCUT2D eigenvalue weighted by molar-refractivity contribution is 7.89. The third kappa shape index (κ3) is 2.95. The molecule has 1 aromatic rings. The summed E-state index contributed by atoms with van der Waals surface area (Å²) in [6.45, 7) is 0. The van der Waals surface area contributed by atoms with Gasteiger partial charge in [-0.1, -0.05) is 0 Å². The van der Waals surface area contributed by atoms with Gasteiger partial charge in [0.05, 0.1) is 10.5 Å². The highest BCUT2D eigenvalue weighted by Gasteiger charge is 2.33. The van der Waals surface area contributed by atoms with Gasteiger partial charge in [0.1, 0.15) is 0 Å². The summed E-state index contributed by atoms with van der Waals surface area (Å²) in [6, 6.07) is 4.70. The van der Waals surface area contributed by atoms with Crippen LogP contribution in [0.15, 0.2) is 29.2 Å². The number of carbonyl (C=O) groups excluding carboxylic acids is 2. The lowest BCUT2D eigenvalue weighted by Crippen LogP contribution is -2.35. The van der Waals surface area contributed by atoms with Crippen molar-refractivity contribution in [2.24, 2.45) is 5.14 Å². The molecule has 1 unspecified atom stereocenters. The molecule has 1 aliphatic heterocycles. The minimum absolute atomic E-state index is 0.0318. The van der Waals surface area contributed by atoms with Crippen LogP contribution in [0.3, 0.4) is 0 Å². The summed E-state index contributed by atoms with van der Waals surface area (Å²) < 4.78 is 22.1. The van der Waals surface area contributed by atoms with E-state index in [0.29, 0.717) is 5.06 Å². The molecule has 0 saturated carbocycles. The molecule has 0 aromatic heterocycles. The zero-order valence-corrected chi connectivity index (χ0v) is 11.0. The molecule has 0 bridgehead atoms. The molecular weight excluding hydrogens is 288 g/mol. The second kappa shape index (κ2) is 5.19. The summed E-state index contributed by atoms with van der Waals surface area (Å²) >= 11 is 0. The van der Waals surface area contributed by atoms with Crippen molar-refractivity contribution < 1.29 is 28.0 Å². The molecule has 8 nitrogen and oxygen atoms in total. The number of benzene rings is 1. The van der Waals surface area contributed by atoms with Crippen LogP contribution in [0.5, 0.6) is 0 Å². The van der Waals surface area contributed by atoms with Crippen molar-refractivity contribution in [1.82, 2.24) is 5.06 Å². The normalized spacial score (nSPS) is 19.2. The average molecular weight is 300 g/mol. The molecule has 0 radical (unpaired) electrons. The number of primary sulfonamides is 1. The van der Waals surface area contributed by atoms with E-state index in [1.54, 1.807) is 0 Å². The smallest absolute Gasteiger partial charge is 0.363 e. The molecule has 20 heavy (non-hydrogen) atoms. The monoisotopic (exact) mass is 300 g/mol. The van der Waals surface area contributed by atoms with Gasteiger partial charge in [-0.3, -0.25) is 4.79 Å². The molecule has 1 heterocycles. The quantitative estimate of drug-likeness (QED) is 0.763. The zero-order chi connectivity index (χ0) is 14.9. The van der Waals surface area contributed by atoms with E-state index in [9.17, 15) is 23.1 Å². The fourth-order valence-corrected chi connectivity index (χ4v) is 2.20. The molecule has 1 fully saturated rings. The molecule has 0 aliphatic carbocycles. The van der Waals surface area contributed by atoms with Crippen LogP contribution in [-0.4, -0.2) is 36.7 Å². The second-order valence-corrected chi connectivity index (χ2v) is 5.75. The number of hydrogen-bond donors (Lipinski definition) is 2. The van der Waals surface area contributed by atoms with E-state index in [2.05, 4.69) is 0 Å². The molecule has 1 amide bonds. The molecule has 1 saturated heterocycles. The third-order valence-electron chi connectivity index (χ3n) is 2.73. The predicted molar refractivity (Wildman–Crippen MR) is 65.3 cm³/mol. The first kappa shape index (κ1) is 14.4. The van der Waals surface area contributed by atoms with E-state index in [4.69, 9.17) is 9.98 Å². The van der Waals surface area contributed by atoms with Crippen LogP contribution in [0.1, 0.15) is 23.2 Å². The lowest BCUT2D eigenvalue weighted by Gasteiger charge is -2.18. The highest BCUT2D eigenvalue weighted by Crippen LogP contribution is 2.18. The van der Waals surface area contributed by atoms with E-state index in [1.807, 2.05) is 0 Å². The van der Waals surface area contributed by atoms with Gasteiger partial charge in [0, 0.05) is 12.8 Å². The fourth-order valence-electron chi connectivity index (χ4n) is 1.68.